The zero-order valence-corrected chi connectivity index (χ0v) is 13.5. The average Bonchev–Trinajstić information content (AvgIpc) is 2.81. The predicted octanol–water partition coefficient (Wildman–Crippen LogP) is 4.83. The van der Waals surface area contributed by atoms with Gasteiger partial charge in [-0.3, -0.25) is 0 Å². The highest BCUT2D eigenvalue weighted by atomic mass is 79.9. The molecule has 104 valence electrons. The predicted molar refractivity (Wildman–Crippen MR) is 86.9 cm³/mol. The average molecular weight is 353 g/mol. The minimum Gasteiger partial charge on any atom is -0.488 e. The van der Waals surface area contributed by atoms with Crippen molar-refractivity contribution in [1.29, 1.82) is 0 Å². The number of nitrogens with one attached hydrogen (secondary N) is 1. The Morgan fingerprint density at radius 1 is 1.30 bits per heavy atom. The number of anilines is 1. The second-order valence-corrected chi connectivity index (χ2v) is 6.35. The van der Waals surface area contributed by atoms with Gasteiger partial charge in [0, 0.05) is 15.9 Å². The van der Waals surface area contributed by atoms with Gasteiger partial charge < -0.3 is 10.1 Å². The molecule has 0 radical (unpaired) electrons. The van der Waals surface area contributed by atoms with Crippen LogP contribution in [0.2, 0.25) is 5.02 Å². The maximum absolute atomic E-state index is 6.01. The van der Waals surface area contributed by atoms with Crippen molar-refractivity contribution in [1.82, 2.24) is 0 Å². The lowest BCUT2D eigenvalue weighted by Crippen LogP contribution is -2.24. The molecule has 0 saturated carbocycles. The molecule has 0 saturated heterocycles. The van der Waals surface area contributed by atoms with E-state index >= 15 is 0 Å². The van der Waals surface area contributed by atoms with Crippen molar-refractivity contribution < 1.29 is 4.74 Å². The first-order valence-corrected chi connectivity index (χ1v) is 7.74. The van der Waals surface area contributed by atoms with Crippen molar-refractivity contribution in [3.05, 3.63) is 57.0 Å². The van der Waals surface area contributed by atoms with Crippen LogP contribution in [0.25, 0.3) is 0 Å². The SMILES string of the molecule is Cc1ccc2c(c1)CC(CNc1cc(Cl)ccc1Br)O2. The standard InChI is InChI=1S/C16H15BrClNO/c1-10-2-5-16-11(6-10)7-13(20-16)9-19-15-8-12(18)3-4-14(15)17/h2-6,8,13,19H,7,9H2,1H3. The van der Waals surface area contributed by atoms with Crippen LogP contribution in [0.3, 0.4) is 0 Å². The monoisotopic (exact) mass is 351 g/mol. The van der Waals surface area contributed by atoms with Crippen molar-refractivity contribution in [3.8, 4) is 5.75 Å². The third-order valence-corrected chi connectivity index (χ3v) is 4.33. The lowest BCUT2D eigenvalue weighted by molar-refractivity contribution is 0.246. The van der Waals surface area contributed by atoms with Crippen LogP contribution in [0.1, 0.15) is 11.1 Å². The molecule has 1 atom stereocenters. The van der Waals surface area contributed by atoms with Gasteiger partial charge >= 0.3 is 0 Å². The molecule has 0 amide bonds. The van der Waals surface area contributed by atoms with Crippen LogP contribution in [0.5, 0.6) is 5.75 Å². The van der Waals surface area contributed by atoms with Gasteiger partial charge in [-0.15, -0.1) is 0 Å². The maximum Gasteiger partial charge on any atom is 0.123 e. The summed E-state index contributed by atoms with van der Waals surface area (Å²) in [4.78, 5) is 0. The molecule has 1 aliphatic heterocycles. The van der Waals surface area contributed by atoms with E-state index in [2.05, 4.69) is 46.4 Å². The summed E-state index contributed by atoms with van der Waals surface area (Å²) in [7, 11) is 0. The Bertz CT molecular complexity index is 644. The first kappa shape index (κ1) is 13.8. The van der Waals surface area contributed by atoms with Crippen LogP contribution in [0, 0.1) is 6.92 Å². The summed E-state index contributed by atoms with van der Waals surface area (Å²) in [6.07, 6.45) is 1.11. The fourth-order valence-electron chi connectivity index (χ4n) is 2.42. The van der Waals surface area contributed by atoms with Crippen molar-refractivity contribution in [2.75, 3.05) is 11.9 Å². The van der Waals surface area contributed by atoms with E-state index in [4.69, 9.17) is 16.3 Å². The van der Waals surface area contributed by atoms with Crippen LogP contribution >= 0.6 is 27.5 Å². The van der Waals surface area contributed by atoms with Gasteiger partial charge in [-0.05, 0) is 52.7 Å². The number of halogens is 2. The highest BCUT2D eigenvalue weighted by Gasteiger charge is 2.22. The van der Waals surface area contributed by atoms with E-state index in [9.17, 15) is 0 Å². The van der Waals surface area contributed by atoms with Crippen LogP contribution in [-0.2, 0) is 6.42 Å². The molecule has 0 spiro atoms. The van der Waals surface area contributed by atoms with Crippen molar-refractivity contribution in [3.63, 3.8) is 0 Å². The Balaban J connectivity index is 1.65. The number of hydrogen-bond donors (Lipinski definition) is 1. The van der Waals surface area contributed by atoms with E-state index < -0.39 is 0 Å². The molecule has 3 rings (SSSR count). The van der Waals surface area contributed by atoms with Crippen molar-refractivity contribution >= 4 is 33.2 Å². The van der Waals surface area contributed by atoms with Crippen LogP contribution in [0.15, 0.2) is 40.9 Å². The number of rotatable bonds is 3. The molecule has 0 aliphatic carbocycles. The van der Waals surface area contributed by atoms with Gasteiger partial charge in [-0.25, -0.2) is 0 Å². The van der Waals surface area contributed by atoms with Gasteiger partial charge in [0.05, 0.1) is 12.2 Å². The molecule has 2 aromatic rings. The summed E-state index contributed by atoms with van der Waals surface area (Å²) < 4.78 is 6.95. The van der Waals surface area contributed by atoms with Crippen LogP contribution in [-0.4, -0.2) is 12.6 Å². The fraction of sp³-hybridized carbons (Fsp3) is 0.250. The molecule has 20 heavy (non-hydrogen) atoms. The zero-order chi connectivity index (χ0) is 14.1. The lowest BCUT2D eigenvalue weighted by atomic mass is 10.1. The Hall–Kier alpha value is -1.19. The fourth-order valence-corrected chi connectivity index (χ4v) is 2.98. The molecule has 1 heterocycles. The molecule has 1 unspecified atom stereocenters. The van der Waals surface area contributed by atoms with Crippen LogP contribution in [0.4, 0.5) is 5.69 Å². The summed E-state index contributed by atoms with van der Waals surface area (Å²) in [5, 5.41) is 4.11. The molecule has 0 aromatic heterocycles. The summed E-state index contributed by atoms with van der Waals surface area (Å²) in [6, 6.07) is 12.1. The second-order valence-electron chi connectivity index (χ2n) is 5.06. The van der Waals surface area contributed by atoms with Gasteiger partial charge in [0.1, 0.15) is 11.9 Å². The molecule has 2 aromatic carbocycles. The number of ether oxygens (including phenoxy) is 1. The highest BCUT2D eigenvalue weighted by Crippen LogP contribution is 2.30. The molecular weight excluding hydrogens is 338 g/mol. The van der Waals surface area contributed by atoms with Gasteiger partial charge in [-0.2, -0.15) is 0 Å². The Labute approximate surface area is 132 Å². The third kappa shape index (κ3) is 2.94. The van der Waals surface area contributed by atoms with Gasteiger partial charge in [0.15, 0.2) is 0 Å². The van der Waals surface area contributed by atoms with E-state index in [1.54, 1.807) is 0 Å². The van der Waals surface area contributed by atoms with Gasteiger partial charge in [-0.1, -0.05) is 29.3 Å². The second kappa shape index (κ2) is 5.66. The number of hydrogen-bond acceptors (Lipinski definition) is 2. The Kier molecular flexibility index (Phi) is 3.90. The van der Waals surface area contributed by atoms with Gasteiger partial charge in [0.25, 0.3) is 0 Å². The molecule has 1 aliphatic rings. The smallest absolute Gasteiger partial charge is 0.123 e. The lowest BCUT2D eigenvalue weighted by Gasteiger charge is -2.14. The Morgan fingerprint density at radius 3 is 3.00 bits per heavy atom. The van der Waals surface area contributed by atoms with Crippen molar-refractivity contribution in [2.24, 2.45) is 0 Å². The van der Waals surface area contributed by atoms with E-state index in [-0.39, 0.29) is 6.10 Å². The first-order valence-electron chi connectivity index (χ1n) is 6.57. The number of fused-ring (bicyclic) bond motifs is 1. The summed E-state index contributed by atoms with van der Waals surface area (Å²) in [6.45, 7) is 2.86. The van der Waals surface area contributed by atoms with Crippen LogP contribution < -0.4 is 10.1 Å². The Morgan fingerprint density at radius 2 is 2.15 bits per heavy atom. The largest absolute Gasteiger partial charge is 0.488 e. The summed E-state index contributed by atoms with van der Waals surface area (Å²) in [5.74, 6) is 1.01. The number of aryl methyl sites for hydroxylation is 1. The first-order chi connectivity index (χ1) is 9.61. The number of benzene rings is 2. The highest BCUT2D eigenvalue weighted by molar-refractivity contribution is 9.10. The third-order valence-electron chi connectivity index (χ3n) is 3.41. The van der Waals surface area contributed by atoms with Gasteiger partial charge in [0.2, 0.25) is 0 Å². The quantitative estimate of drug-likeness (QED) is 0.854. The molecule has 1 N–H and O–H groups in total. The normalized spacial score (nSPS) is 16.6. The molecule has 0 fully saturated rings. The van der Waals surface area contributed by atoms with Crippen molar-refractivity contribution in [2.45, 2.75) is 19.4 Å². The minimum absolute atomic E-state index is 0.165. The topological polar surface area (TPSA) is 21.3 Å². The molecule has 4 heteroatoms. The molecule has 2 nitrogen and oxygen atoms in total. The molecular formula is C16H15BrClNO. The van der Waals surface area contributed by atoms with E-state index in [0.717, 1.165) is 33.9 Å². The van der Waals surface area contributed by atoms with E-state index in [0.29, 0.717) is 0 Å². The van der Waals surface area contributed by atoms with E-state index in [1.807, 2.05) is 18.2 Å². The maximum atomic E-state index is 6.01. The minimum atomic E-state index is 0.165. The van der Waals surface area contributed by atoms with E-state index in [1.165, 1.54) is 11.1 Å². The molecule has 0 bridgehead atoms. The zero-order valence-electron chi connectivity index (χ0n) is 11.1. The summed E-state index contributed by atoms with van der Waals surface area (Å²) in [5.41, 5.74) is 3.56. The summed E-state index contributed by atoms with van der Waals surface area (Å²) >= 11 is 9.53.